The Hall–Kier alpha value is -2.49. The van der Waals surface area contributed by atoms with Crippen LogP contribution in [0, 0.1) is 0 Å². The number of nitrogens with one attached hydrogen (secondary N) is 1. The van der Waals surface area contributed by atoms with E-state index in [2.05, 4.69) is 21.2 Å². The smallest absolute Gasteiger partial charge is 0.337 e. The molecule has 1 aliphatic rings. The molecule has 1 heterocycles. The Bertz CT molecular complexity index is 1070. The summed E-state index contributed by atoms with van der Waals surface area (Å²) in [5.74, 6) is -0.544. The molecule has 6 nitrogen and oxygen atoms in total. The molecule has 3 rings (SSSR count). The second-order valence-corrected chi connectivity index (χ2v) is 9.90. The van der Waals surface area contributed by atoms with Gasteiger partial charge < -0.3 is 10.1 Å². The first-order valence-corrected chi connectivity index (χ1v) is 12.4. The second-order valence-electron chi connectivity index (χ2n) is 7.31. The molecular formula is C24H23BrN2O4S2. The van der Waals surface area contributed by atoms with Crippen molar-refractivity contribution in [3.8, 4) is 0 Å². The van der Waals surface area contributed by atoms with E-state index in [0.717, 1.165) is 35.0 Å². The number of carbonyl (C=O) groups excluding carboxylic acids is 3. The number of hydrogen-bond acceptors (Lipinski definition) is 6. The quantitative estimate of drug-likeness (QED) is 0.190. The Morgan fingerprint density at radius 1 is 1.09 bits per heavy atom. The predicted molar refractivity (Wildman–Crippen MR) is 139 cm³/mol. The Labute approximate surface area is 210 Å². The van der Waals surface area contributed by atoms with Gasteiger partial charge >= 0.3 is 5.97 Å². The number of methoxy groups -OCH3 is 1. The third kappa shape index (κ3) is 7.25. The highest BCUT2D eigenvalue weighted by molar-refractivity contribution is 9.10. The molecule has 0 spiro atoms. The second kappa shape index (κ2) is 12.1. The van der Waals surface area contributed by atoms with Crippen LogP contribution in [-0.2, 0) is 14.3 Å². The Kier molecular flexibility index (Phi) is 9.22. The fourth-order valence-corrected chi connectivity index (χ4v) is 4.74. The van der Waals surface area contributed by atoms with Gasteiger partial charge in [-0.2, -0.15) is 0 Å². The maximum absolute atomic E-state index is 12.7. The number of ether oxygens (including phenoxy) is 1. The van der Waals surface area contributed by atoms with E-state index in [4.69, 9.17) is 17.0 Å². The van der Waals surface area contributed by atoms with Crippen molar-refractivity contribution in [1.82, 2.24) is 4.90 Å². The first kappa shape index (κ1) is 25.1. The summed E-state index contributed by atoms with van der Waals surface area (Å²) in [4.78, 5) is 38.5. The predicted octanol–water partition coefficient (Wildman–Crippen LogP) is 5.64. The Balaban J connectivity index is 1.43. The lowest BCUT2D eigenvalue weighted by molar-refractivity contribution is -0.122. The summed E-state index contributed by atoms with van der Waals surface area (Å²) in [5.41, 5.74) is 2.03. The largest absolute Gasteiger partial charge is 0.465 e. The minimum absolute atomic E-state index is 0.0240. The van der Waals surface area contributed by atoms with Gasteiger partial charge in [-0.05, 0) is 60.9 Å². The van der Waals surface area contributed by atoms with Crippen LogP contribution >= 0.6 is 39.9 Å². The van der Waals surface area contributed by atoms with Crippen LogP contribution < -0.4 is 5.32 Å². The van der Waals surface area contributed by atoms with Crippen molar-refractivity contribution in [2.24, 2.45) is 0 Å². The van der Waals surface area contributed by atoms with Crippen molar-refractivity contribution in [2.75, 3.05) is 19.0 Å². The number of esters is 1. The molecule has 0 unspecified atom stereocenters. The number of benzene rings is 2. The number of anilines is 1. The van der Waals surface area contributed by atoms with Crippen molar-refractivity contribution in [1.29, 1.82) is 0 Å². The first-order chi connectivity index (χ1) is 15.9. The van der Waals surface area contributed by atoms with Gasteiger partial charge in [0.25, 0.3) is 5.91 Å². The summed E-state index contributed by atoms with van der Waals surface area (Å²) in [6.45, 7) is 0.525. The summed E-state index contributed by atoms with van der Waals surface area (Å²) < 4.78 is 6.19. The number of halogens is 1. The lowest BCUT2D eigenvalue weighted by Gasteiger charge is -2.14. The van der Waals surface area contributed by atoms with Crippen LogP contribution in [0.5, 0.6) is 0 Å². The molecule has 1 fully saturated rings. The zero-order valence-corrected chi connectivity index (χ0v) is 21.2. The highest BCUT2D eigenvalue weighted by atomic mass is 79.9. The molecule has 1 saturated heterocycles. The van der Waals surface area contributed by atoms with Gasteiger partial charge in [0.15, 0.2) is 0 Å². The maximum atomic E-state index is 12.7. The number of rotatable bonds is 9. The summed E-state index contributed by atoms with van der Waals surface area (Å²) in [6.07, 6.45) is 4.51. The standard InChI is InChI=1S/C24H23BrN2O4S2/c1-31-23(30)17-8-6-16(7-9-17)15-20-22(29)27(24(32)33-20)14-4-2-3-5-21(28)26-19-12-10-18(25)11-13-19/h6-13,15H,2-5,14H2,1H3,(H,26,28)/b20-15-. The molecule has 2 aromatic rings. The van der Waals surface area contributed by atoms with E-state index in [1.807, 2.05) is 24.3 Å². The van der Waals surface area contributed by atoms with E-state index >= 15 is 0 Å². The lowest BCUT2D eigenvalue weighted by Crippen LogP contribution is -2.29. The van der Waals surface area contributed by atoms with Gasteiger partial charge in [-0.15, -0.1) is 0 Å². The van der Waals surface area contributed by atoms with Crippen LogP contribution in [0.15, 0.2) is 57.9 Å². The highest BCUT2D eigenvalue weighted by Gasteiger charge is 2.31. The number of nitrogens with zero attached hydrogens (tertiary/aromatic N) is 1. The Morgan fingerprint density at radius 2 is 1.79 bits per heavy atom. The van der Waals surface area contributed by atoms with E-state index in [1.165, 1.54) is 18.9 Å². The monoisotopic (exact) mass is 546 g/mol. The molecular weight excluding hydrogens is 524 g/mol. The van der Waals surface area contributed by atoms with Gasteiger partial charge in [0, 0.05) is 23.1 Å². The number of hydrogen-bond donors (Lipinski definition) is 1. The molecule has 172 valence electrons. The van der Waals surface area contributed by atoms with Crippen LogP contribution in [0.4, 0.5) is 5.69 Å². The number of carbonyl (C=O) groups is 3. The van der Waals surface area contributed by atoms with E-state index in [1.54, 1.807) is 35.2 Å². The number of thioether (sulfide) groups is 1. The molecule has 0 bridgehead atoms. The SMILES string of the molecule is COC(=O)c1ccc(/C=C2\SC(=S)N(CCCCCC(=O)Nc3ccc(Br)cc3)C2=O)cc1. The van der Waals surface area contributed by atoms with Gasteiger partial charge in [0.1, 0.15) is 4.32 Å². The molecule has 1 N–H and O–H groups in total. The summed E-state index contributed by atoms with van der Waals surface area (Å²) in [6, 6.07) is 14.3. The van der Waals surface area contributed by atoms with Crippen LogP contribution in [0.25, 0.3) is 6.08 Å². The molecule has 0 saturated carbocycles. The van der Waals surface area contributed by atoms with Gasteiger partial charge in [0.05, 0.1) is 17.6 Å². The minimum atomic E-state index is -0.404. The molecule has 0 aliphatic carbocycles. The average Bonchev–Trinajstić information content (AvgIpc) is 3.07. The third-order valence-corrected chi connectivity index (χ3v) is 6.82. The molecule has 9 heteroatoms. The highest BCUT2D eigenvalue weighted by Crippen LogP contribution is 2.32. The van der Waals surface area contributed by atoms with E-state index in [9.17, 15) is 14.4 Å². The van der Waals surface area contributed by atoms with Crippen molar-refractivity contribution >= 4 is 73.8 Å². The normalized spacial score (nSPS) is 14.6. The number of amides is 2. The van der Waals surface area contributed by atoms with E-state index in [-0.39, 0.29) is 11.8 Å². The van der Waals surface area contributed by atoms with Crippen LogP contribution in [-0.4, -0.2) is 40.7 Å². The molecule has 1 aliphatic heterocycles. The average molecular weight is 547 g/mol. The molecule has 2 amide bonds. The number of unbranched alkanes of at least 4 members (excludes halogenated alkanes) is 2. The topological polar surface area (TPSA) is 75.7 Å². The van der Waals surface area contributed by atoms with Gasteiger partial charge in [-0.3, -0.25) is 14.5 Å². The van der Waals surface area contributed by atoms with E-state index < -0.39 is 5.97 Å². The van der Waals surface area contributed by atoms with Gasteiger partial charge in [0.2, 0.25) is 5.91 Å². The maximum Gasteiger partial charge on any atom is 0.337 e. The van der Waals surface area contributed by atoms with Crippen molar-refractivity contribution in [2.45, 2.75) is 25.7 Å². The lowest BCUT2D eigenvalue weighted by atomic mass is 10.1. The molecule has 0 aromatic heterocycles. The van der Waals surface area contributed by atoms with Crippen LogP contribution in [0.2, 0.25) is 0 Å². The minimum Gasteiger partial charge on any atom is -0.465 e. The van der Waals surface area contributed by atoms with Crippen molar-refractivity contribution in [3.63, 3.8) is 0 Å². The van der Waals surface area contributed by atoms with Crippen LogP contribution in [0.1, 0.15) is 41.6 Å². The summed E-state index contributed by atoms with van der Waals surface area (Å²) in [5, 5.41) is 2.88. The van der Waals surface area contributed by atoms with Gasteiger partial charge in [-0.1, -0.05) is 58.5 Å². The summed E-state index contributed by atoms with van der Waals surface area (Å²) in [7, 11) is 1.33. The molecule has 0 radical (unpaired) electrons. The summed E-state index contributed by atoms with van der Waals surface area (Å²) >= 11 is 10.0. The molecule has 33 heavy (non-hydrogen) atoms. The zero-order chi connectivity index (χ0) is 23.8. The van der Waals surface area contributed by atoms with Gasteiger partial charge in [-0.25, -0.2) is 4.79 Å². The van der Waals surface area contributed by atoms with Crippen LogP contribution in [0.3, 0.4) is 0 Å². The third-order valence-electron chi connectivity index (χ3n) is 4.92. The van der Waals surface area contributed by atoms with Crippen molar-refractivity contribution < 1.29 is 19.1 Å². The fraction of sp³-hybridized carbons (Fsp3) is 0.250. The van der Waals surface area contributed by atoms with E-state index in [0.29, 0.717) is 27.8 Å². The Morgan fingerprint density at radius 3 is 2.45 bits per heavy atom. The fourth-order valence-electron chi connectivity index (χ4n) is 3.17. The zero-order valence-electron chi connectivity index (χ0n) is 18.0. The van der Waals surface area contributed by atoms with Crippen molar-refractivity contribution in [3.05, 3.63) is 69.0 Å². The molecule has 2 aromatic carbocycles. The molecule has 0 atom stereocenters. The number of thiocarbonyl (C=S) groups is 1. The first-order valence-electron chi connectivity index (χ1n) is 10.4.